The minimum Gasteiger partial charge on any atom is -0.382 e. The molecule has 0 radical (unpaired) electrons. The second-order valence-electron chi connectivity index (χ2n) is 4.67. The lowest BCUT2D eigenvalue weighted by molar-refractivity contribution is 0.595. The highest BCUT2D eigenvalue weighted by molar-refractivity contribution is 7.91. The third kappa shape index (κ3) is 3.53. The Bertz CT molecular complexity index is 705. The van der Waals surface area contributed by atoms with Gasteiger partial charge in [-0.25, -0.2) is 8.42 Å². The van der Waals surface area contributed by atoms with Crippen LogP contribution in [0, 0.1) is 0 Å². The fourth-order valence-electron chi connectivity index (χ4n) is 2.03. The minimum atomic E-state index is -3.38. The molecule has 0 fully saturated rings. The Balaban J connectivity index is 2.09. The van der Waals surface area contributed by atoms with E-state index in [4.69, 9.17) is 5.73 Å². The summed E-state index contributed by atoms with van der Waals surface area (Å²) < 4.78 is 30.2. The van der Waals surface area contributed by atoms with Crippen molar-refractivity contribution >= 4 is 32.2 Å². The average Bonchev–Trinajstić information content (AvgIpc) is 2.97. The van der Waals surface area contributed by atoms with Gasteiger partial charge in [0.1, 0.15) is 9.90 Å². The van der Waals surface area contributed by atoms with Crippen LogP contribution in [0.1, 0.15) is 19.0 Å². The van der Waals surface area contributed by atoms with Crippen LogP contribution < -0.4 is 11.1 Å². The third-order valence-corrected chi connectivity index (χ3v) is 5.98. The van der Waals surface area contributed by atoms with Gasteiger partial charge in [0.25, 0.3) is 0 Å². The van der Waals surface area contributed by atoms with Gasteiger partial charge in [0.05, 0.1) is 5.75 Å². The molecule has 9 heteroatoms. The normalized spacial score (nSPS) is 11.7. The first-order valence-electron chi connectivity index (χ1n) is 6.64. The second-order valence-corrected chi connectivity index (χ2v) is 7.49. The fourth-order valence-corrected chi connectivity index (χ4v) is 4.67. The Kier molecular flexibility index (Phi) is 4.84. The summed E-state index contributed by atoms with van der Waals surface area (Å²) in [4.78, 5) is 0.138. The molecule has 2 aromatic heterocycles. The first-order chi connectivity index (χ1) is 9.95. The van der Waals surface area contributed by atoms with Crippen molar-refractivity contribution in [1.82, 2.24) is 14.2 Å². The largest absolute Gasteiger partial charge is 0.382 e. The molecule has 0 unspecified atom stereocenters. The number of anilines is 2. The van der Waals surface area contributed by atoms with Crippen LogP contribution in [0.2, 0.25) is 0 Å². The molecule has 0 saturated carbocycles. The zero-order valence-electron chi connectivity index (χ0n) is 12.0. The first kappa shape index (κ1) is 15.8. The van der Waals surface area contributed by atoms with Crippen molar-refractivity contribution in [3.8, 4) is 0 Å². The molecule has 2 aromatic rings. The summed E-state index contributed by atoms with van der Waals surface area (Å²) in [5, 5.41) is 7.73. The van der Waals surface area contributed by atoms with Gasteiger partial charge < -0.3 is 11.1 Å². The Labute approximate surface area is 128 Å². The summed E-state index contributed by atoms with van der Waals surface area (Å²) in [6, 6.07) is 1.93. The molecule has 0 amide bonds. The van der Waals surface area contributed by atoms with E-state index in [0.717, 1.165) is 23.6 Å². The van der Waals surface area contributed by atoms with Crippen molar-refractivity contribution in [1.29, 1.82) is 0 Å². The molecular formula is C12H19N5O2S2. The van der Waals surface area contributed by atoms with Gasteiger partial charge in [-0.2, -0.15) is 9.47 Å². The summed E-state index contributed by atoms with van der Waals surface area (Å²) in [6.45, 7) is 2.42. The predicted molar refractivity (Wildman–Crippen MR) is 84.3 cm³/mol. The standard InChI is InChI=1S/C12H19N5O2S2/c1-3-8-21(18,19)10-11(13)16-20-12(10)14-6-4-9-5-7-15-17(9)2/h5,7,14H,3-4,6,8H2,1-2H3,(H2,13,16). The molecule has 0 spiro atoms. The molecule has 3 N–H and O–H groups in total. The first-order valence-corrected chi connectivity index (χ1v) is 9.07. The van der Waals surface area contributed by atoms with Crippen molar-refractivity contribution < 1.29 is 8.42 Å². The molecule has 21 heavy (non-hydrogen) atoms. The van der Waals surface area contributed by atoms with Crippen molar-refractivity contribution in [2.45, 2.75) is 24.7 Å². The molecule has 0 aliphatic heterocycles. The molecule has 2 rings (SSSR count). The van der Waals surface area contributed by atoms with Gasteiger partial charge in [-0.05, 0) is 24.0 Å². The maximum absolute atomic E-state index is 12.2. The van der Waals surface area contributed by atoms with E-state index in [1.807, 2.05) is 20.0 Å². The monoisotopic (exact) mass is 329 g/mol. The highest BCUT2D eigenvalue weighted by atomic mass is 32.2. The van der Waals surface area contributed by atoms with E-state index in [2.05, 4.69) is 14.8 Å². The Hall–Kier alpha value is -1.61. The van der Waals surface area contributed by atoms with Crippen LogP contribution in [0.15, 0.2) is 17.2 Å². The number of sulfone groups is 1. The number of hydrogen-bond acceptors (Lipinski definition) is 7. The van der Waals surface area contributed by atoms with Gasteiger partial charge in [0.2, 0.25) is 0 Å². The second kappa shape index (κ2) is 6.44. The van der Waals surface area contributed by atoms with E-state index in [1.54, 1.807) is 10.9 Å². The van der Waals surface area contributed by atoms with Crippen molar-refractivity contribution in [3.05, 3.63) is 18.0 Å². The van der Waals surface area contributed by atoms with Crippen LogP contribution in [-0.4, -0.2) is 34.9 Å². The smallest absolute Gasteiger partial charge is 0.185 e. The zero-order chi connectivity index (χ0) is 15.5. The molecular weight excluding hydrogens is 310 g/mol. The molecule has 2 heterocycles. The van der Waals surface area contributed by atoms with Crippen LogP contribution in [0.25, 0.3) is 0 Å². The van der Waals surface area contributed by atoms with E-state index in [1.165, 1.54) is 0 Å². The van der Waals surface area contributed by atoms with Gasteiger partial charge in [0, 0.05) is 31.9 Å². The van der Waals surface area contributed by atoms with Crippen molar-refractivity contribution in [2.75, 3.05) is 23.3 Å². The van der Waals surface area contributed by atoms with E-state index in [9.17, 15) is 8.42 Å². The summed E-state index contributed by atoms with van der Waals surface area (Å²) in [6.07, 6.45) is 3.02. The average molecular weight is 329 g/mol. The van der Waals surface area contributed by atoms with Gasteiger partial charge in [-0.15, -0.1) is 0 Å². The maximum atomic E-state index is 12.2. The summed E-state index contributed by atoms with van der Waals surface area (Å²) in [5.74, 6) is 0.155. The summed E-state index contributed by atoms with van der Waals surface area (Å²) in [5.41, 5.74) is 6.78. The molecule has 0 aliphatic rings. The molecule has 0 atom stereocenters. The highest BCUT2D eigenvalue weighted by Gasteiger charge is 2.24. The highest BCUT2D eigenvalue weighted by Crippen LogP contribution is 2.32. The van der Waals surface area contributed by atoms with Crippen LogP contribution in [0.5, 0.6) is 0 Å². The van der Waals surface area contributed by atoms with E-state index >= 15 is 0 Å². The zero-order valence-corrected chi connectivity index (χ0v) is 13.7. The lowest BCUT2D eigenvalue weighted by atomic mass is 10.3. The lowest BCUT2D eigenvalue weighted by Crippen LogP contribution is -2.12. The van der Waals surface area contributed by atoms with Gasteiger partial charge >= 0.3 is 0 Å². The number of nitrogens with two attached hydrogens (primary N) is 1. The van der Waals surface area contributed by atoms with Gasteiger partial charge in [-0.3, -0.25) is 4.68 Å². The van der Waals surface area contributed by atoms with Crippen LogP contribution in [-0.2, 0) is 23.3 Å². The van der Waals surface area contributed by atoms with E-state index in [-0.39, 0.29) is 16.5 Å². The summed E-state index contributed by atoms with van der Waals surface area (Å²) in [7, 11) is -1.51. The molecule has 7 nitrogen and oxygen atoms in total. The van der Waals surface area contributed by atoms with Crippen molar-refractivity contribution in [2.24, 2.45) is 7.05 Å². The molecule has 0 aromatic carbocycles. The number of nitrogens with zero attached hydrogens (tertiary/aromatic N) is 3. The van der Waals surface area contributed by atoms with E-state index < -0.39 is 9.84 Å². The Morgan fingerprint density at radius 1 is 1.48 bits per heavy atom. The number of hydrogen-bond donors (Lipinski definition) is 2. The molecule has 0 aliphatic carbocycles. The number of rotatable bonds is 7. The van der Waals surface area contributed by atoms with Crippen LogP contribution >= 0.6 is 11.5 Å². The van der Waals surface area contributed by atoms with Gasteiger partial charge in [0.15, 0.2) is 15.7 Å². The molecule has 0 bridgehead atoms. The number of aryl methyl sites for hydroxylation is 1. The fraction of sp³-hybridized carbons (Fsp3) is 0.500. The quantitative estimate of drug-likeness (QED) is 0.793. The van der Waals surface area contributed by atoms with Crippen LogP contribution in [0.4, 0.5) is 10.8 Å². The lowest BCUT2D eigenvalue weighted by Gasteiger charge is -2.08. The number of nitrogens with one attached hydrogen (secondary N) is 1. The number of nitrogen functional groups attached to an aromatic ring is 1. The predicted octanol–water partition coefficient (Wildman–Crippen LogP) is 1.30. The number of aromatic nitrogens is 3. The minimum absolute atomic E-state index is 0.0754. The summed E-state index contributed by atoms with van der Waals surface area (Å²) >= 11 is 1.08. The maximum Gasteiger partial charge on any atom is 0.185 e. The van der Waals surface area contributed by atoms with E-state index in [0.29, 0.717) is 18.0 Å². The molecule has 0 saturated heterocycles. The Morgan fingerprint density at radius 2 is 2.24 bits per heavy atom. The topological polar surface area (TPSA) is 103 Å². The van der Waals surface area contributed by atoms with Gasteiger partial charge in [-0.1, -0.05) is 6.92 Å². The molecule has 116 valence electrons. The third-order valence-electron chi connectivity index (χ3n) is 3.05. The van der Waals surface area contributed by atoms with Crippen molar-refractivity contribution in [3.63, 3.8) is 0 Å². The SMILES string of the molecule is CCCS(=O)(=O)c1c(N)nsc1NCCc1ccnn1C. The van der Waals surface area contributed by atoms with Crippen LogP contribution in [0.3, 0.4) is 0 Å². The Morgan fingerprint density at radius 3 is 2.86 bits per heavy atom.